The molecule has 5 heteroatoms. The van der Waals surface area contributed by atoms with Crippen LogP contribution in [0.15, 0.2) is 6.20 Å². The molecule has 0 aliphatic heterocycles. The van der Waals surface area contributed by atoms with E-state index in [0.717, 1.165) is 5.01 Å². The summed E-state index contributed by atoms with van der Waals surface area (Å²) in [6, 6.07) is 0.176. The van der Waals surface area contributed by atoms with Crippen molar-refractivity contribution in [1.82, 2.24) is 10.3 Å². The maximum Gasteiger partial charge on any atom is 0.109 e. The summed E-state index contributed by atoms with van der Waals surface area (Å²) in [5.41, 5.74) is 0. The highest BCUT2D eigenvalue weighted by Crippen LogP contribution is 2.18. The van der Waals surface area contributed by atoms with Gasteiger partial charge in [-0.1, -0.05) is 0 Å². The molecule has 0 amide bonds. The molecule has 0 bridgehead atoms. The van der Waals surface area contributed by atoms with Crippen LogP contribution in [-0.2, 0) is 4.74 Å². The van der Waals surface area contributed by atoms with Gasteiger partial charge in [-0.3, -0.25) is 0 Å². The zero-order valence-electron chi connectivity index (χ0n) is 9.36. The Labute approximate surface area is 94.3 Å². The molecule has 0 saturated heterocycles. The summed E-state index contributed by atoms with van der Waals surface area (Å²) in [6.07, 6.45) is 1.41. The number of aryl methyl sites for hydroxylation is 1. The van der Waals surface area contributed by atoms with Gasteiger partial charge in [0.1, 0.15) is 5.01 Å². The Balaban J connectivity index is 2.33. The van der Waals surface area contributed by atoms with Gasteiger partial charge in [0.25, 0.3) is 0 Å². The van der Waals surface area contributed by atoms with Crippen molar-refractivity contribution in [1.29, 1.82) is 0 Å². The molecule has 1 heterocycles. The number of thiazole rings is 1. The van der Waals surface area contributed by atoms with Crippen LogP contribution in [0, 0.1) is 6.92 Å². The van der Waals surface area contributed by atoms with Crippen LogP contribution in [-0.4, -0.2) is 36.5 Å². The number of hydrogen-bond acceptors (Lipinski definition) is 5. The third-order valence-corrected chi connectivity index (χ3v) is 3.12. The second kappa shape index (κ2) is 6.17. The average molecular weight is 230 g/mol. The van der Waals surface area contributed by atoms with Gasteiger partial charge in [0, 0.05) is 24.7 Å². The summed E-state index contributed by atoms with van der Waals surface area (Å²) < 4.78 is 4.84. The Morgan fingerprint density at radius 2 is 2.40 bits per heavy atom. The Hall–Kier alpha value is -0.490. The Morgan fingerprint density at radius 1 is 1.67 bits per heavy atom. The first-order valence-corrected chi connectivity index (χ1v) is 5.78. The fourth-order valence-electron chi connectivity index (χ4n) is 1.22. The number of aliphatic hydroxyl groups is 1. The fraction of sp³-hybridized carbons (Fsp3) is 0.700. The first-order chi connectivity index (χ1) is 7.13. The molecule has 1 rings (SSSR count). The van der Waals surface area contributed by atoms with Crippen molar-refractivity contribution < 1.29 is 9.84 Å². The van der Waals surface area contributed by atoms with Crippen LogP contribution >= 0.6 is 11.3 Å². The molecule has 0 radical (unpaired) electrons. The van der Waals surface area contributed by atoms with E-state index >= 15 is 0 Å². The molecule has 0 saturated carbocycles. The standard InChI is InChI=1S/C10H18N2O2S/c1-7-4-12-10(15-7)8(2)11-5-9(13)6-14-3/h4,8-9,11,13H,5-6H2,1-3H3. The molecule has 0 aliphatic carbocycles. The second-order valence-corrected chi connectivity index (χ2v) is 4.81. The molecular formula is C10H18N2O2S. The Morgan fingerprint density at radius 3 is 2.93 bits per heavy atom. The SMILES string of the molecule is COCC(O)CNC(C)c1ncc(C)s1. The smallest absolute Gasteiger partial charge is 0.109 e. The van der Waals surface area contributed by atoms with Gasteiger partial charge in [0.2, 0.25) is 0 Å². The number of nitrogens with one attached hydrogen (secondary N) is 1. The van der Waals surface area contributed by atoms with E-state index in [2.05, 4.69) is 10.3 Å². The van der Waals surface area contributed by atoms with E-state index in [0.29, 0.717) is 13.2 Å². The van der Waals surface area contributed by atoms with Gasteiger partial charge in [0.15, 0.2) is 0 Å². The van der Waals surface area contributed by atoms with E-state index in [1.807, 2.05) is 20.0 Å². The summed E-state index contributed by atoms with van der Waals surface area (Å²) in [7, 11) is 1.58. The number of ether oxygens (including phenoxy) is 1. The largest absolute Gasteiger partial charge is 0.389 e. The first-order valence-electron chi connectivity index (χ1n) is 4.96. The van der Waals surface area contributed by atoms with Crippen LogP contribution in [0.3, 0.4) is 0 Å². The number of aromatic nitrogens is 1. The summed E-state index contributed by atoms with van der Waals surface area (Å²) in [6.45, 7) is 4.95. The van der Waals surface area contributed by atoms with E-state index in [-0.39, 0.29) is 6.04 Å². The van der Waals surface area contributed by atoms with Crippen molar-refractivity contribution in [3.05, 3.63) is 16.1 Å². The maximum absolute atomic E-state index is 9.45. The predicted octanol–water partition coefficient (Wildman–Crippen LogP) is 1.11. The van der Waals surface area contributed by atoms with Crippen molar-refractivity contribution in [3.8, 4) is 0 Å². The lowest BCUT2D eigenvalue weighted by molar-refractivity contribution is 0.0630. The number of hydrogen-bond donors (Lipinski definition) is 2. The van der Waals surface area contributed by atoms with Gasteiger partial charge < -0.3 is 15.2 Å². The third kappa shape index (κ3) is 4.25. The third-order valence-electron chi connectivity index (χ3n) is 2.03. The van der Waals surface area contributed by atoms with E-state index in [1.54, 1.807) is 18.4 Å². The normalized spacial score (nSPS) is 15.2. The lowest BCUT2D eigenvalue weighted by atomic mass is 10.3. The van der Waals surface area contributed by atoms with Gasteiger partial charge in [-0.2, -0.15) is 0 Å². The van der Waals surface area contributed by atoms with E-state index in [4.69, 9.17) is 4.74 Å². The number of methoxy groups -OCH3 is 1. The topological polar surface area (TPSA) is 54.4 Å². The number of rotatable bonds is 6. The molecule has 15 heavy (non-hydrogen) atoms. The maximum atomic E-state index is 9.45. The highest BCUT2D eigenvalue weighted by molar-refractivity contribution is 7.11. The predicted molar refractivity (Wildman–Crippen MR) is 61.2 cm³/mol. The monoisotopic (exact) mass is 230 g/mol. The molecular weight excluding hydrogens is 212 g/mol. The van der Waals surface area contributed by atoms with E-state index in [9.17, 15) is 5.11 Å². The number of aliphatic hydroxyl groups excluding tert-OH is 1. The van der Waals surface area contributed by atoms with Gasteiger partial charge in [-0.15, -0.1) is 11.3 Å². The molecule has 86 valence electrons. The molecule has 0 spiro atoms. The summed E-state index contributed by atoms with van der Waals surface area (Å²) in [5.74, 6) is 0. The summed E-state index contributed by atoms with van der Waals surface area (Å²) in [5, 5.41) is 13.7. The van der Waals surface area contributed by atoms with Crippen LogP contribution in [0.5, 0.6) is 0 Å². The summed E-state index contributed by atoms with van der Waals surface area (Å²) >= 11 is 1.67. The highest BCUT2D eigenvalue weighted by atomic mass is 32.1. The first kappa shape index (κ1) is 12.6. The van der Waals surface area contributed by atoms with Crippen molar-refractivity contribution in [2.75, 3.05) is 20.3 Å². The van der Waals surface area contributed by atoms with Crippen LogP contribution < -0.4 is 5.32 Å². The van der Waals surface area contributed by atoms with Crippen LogP contribution in [0.1, 0.15) is 22.9 Å². The number of nitrogens with zero attached hydrogens (tertiary/aromatic N) is 1. The van der Waals surface area contributed by atoms with Gasteiger partial charge >= 0.3 is 0 Å². The molecule has 1 aromatic heterocycles. The lowest BCUT2D eigenvalue weighted by Crippen LogP contribution is -2.31. The zero-order valence-corrected chi connectivity index (χ0v) is 10.2. The van der Waals surface area contributed by atoms with Crippen LogP contribution in [0.2, 0.25) is 0 Å². The van der Waals surface area contributed by atoms with Crippen molar-refractivity contribution in [2.45, 2.75) is 26.0 Å². The zero-order chi connectivity index (χ0) is 11.3. The molecule has 0 fully saturated rings. The summed E-state index contributed by atoms with van der Waals surface area (Å²) in [4.78, 5) is 5.49. The fourth-order valence-corrected chi connectivity index (χ4v) is 2.02. The van der Waals surface area contributed by atoms with Gasteiger partial charge in [-0.25, -0.2) is 4.98 Å². The molecule has 1 aromatic rings. The Bertz CT molecular complexity index is 291. The molecule has 2 N–H and O–H groups in total. The molecule has 0 aromatic carbocycles. The average Bonchev–Trinajstić information content (AvgIpc) is 2.62. The quantitative estimate of drug-likeness (QED) is 0.768. The minimum atomic E-state index is -0.460. The Kier molecular flexibility index (Phi) is 5.17. The minimum Gasteiger partial charge on any atom is -0.389 e. The minimum absolute atomic E-state index is 0.176. The van der Waals surface area contributed by atoms with Gasteiger partial charge in [0.05, 0.1) is 18.8 Å². The van der Waals surface area contributed by atoms with Gasteiger partial charge in [-0.05, 0) is 13.8 Å². The van der Waals surface area contributed by atoms with Crippen LogP contribution in [0.4, 0.5) is 0 Å². The van der Waals surface area contributed by atoms with Crippen molar-refractivity contribution >= 4 is 11.3 Å². The van der Waals surface area contributed by atoms with E-state index < -0.39 is 6.10 Å². The molecule has 4 nitrogen and oxygen atoms in total. The molecule has 2 unspecified atom stereocenters. The second-order valence-electron chi connectivity index (χ2n) is 3.55. The lowest BCUT2D eigenvalue weighted by Gasteiger charge is -2.14. The van der Waals surface area contributed by atoms with Crippen LogP contribution in [0.25, 0.3) is 0 Å². The van der Waals surface area contributed by atoms with Crippen molar-refractivity contribution in [3.63, 3.8) is 0 Å². The van der Waals surface area contributed by atoms with E-state index in [1.165, 1.54) is 4.88 Å². The molecule has 0 aliphatic rings. The molecule has 2 atom stereocenters. The van der Waals surface area contributed by atoms with Crippen molar-refractivity contribution in [2.24, 2.45) is 0 Å². The highest BCUT2D eigenvalue weighted by Gasteiger charge is 2.10.